The Morgan fingerprint density at radius 1 is 1.11 bits per heavy atom. The lowest BCUT2D eigenvalue weighted by atomic mass is 9.38. The molecule has 4 aliphatic carbocycles. The molecule has 194 valence electrons. The number of ketones is 3. The van der Waals surface area contributed by atoms with Crippen LogP contribution in [0, 0.1) is 45.3 Å². The second-order valence-corrected chi connectivity index (χ2v) is 14.0. The highest BCUT2D eigenvalue weighted by atomic mass is 16.3. The van der Waals surface area contributed by atoms with Crippen molar-refractivity contribution in [3.63, 3.8) is 0 Å². The summed E-state index contributed by atoms with van der Waals surface area (Å²) in [5.41, 5.74) is -2.08. The second-order valence-electron chi connectivity index (χ2n) is 14.0. The van der Waals surface area contributed by atoms with Crippen molar-refractivity contribution in [2.24, 2.45) is 45.3 Å². The lowest BCUT2D eigenvalue weighted by molar-refractivity contribution is -0.170. The van der Waals surface area contributed by atoms with Crippen molar-refractivity contribution in [3.05, 3.63) is 11.6 Å². The van der Waals surface area contributed by atoms with Gasteiger partial charge in [-0.2, -0.15) is 0 Å². The molecular formula is C30H44O5. The first-order valence-electron chi connectivity index (χ1n) is 13.5. The van der Waals surface area contributed by atoms with Gasteiger partial charge >= 0.3 is 0 Å². The van der Waals surface area contributed by atoms with Gasteiger partial charge in [-0.25, -0.2) is 0 Å². The van der Waals surface area contributed by atoms with Gasteiger partial charge in [0.05, 0.1) is 5.60 Å². The number of hydrogen-bond acceptors (Lipinski definition) is 5. The fraction of sp³-hybridized carbons (Fsp3) is 0.800. The summed E-state index contributed by atoms with van der Waals surface area (Å²) in [5, 5.41) is 10.1. The monoisotopic (exact) mass is 484 g/mol. The zero-order valence-electron chi connectivity index (χ0n) is 22.7. The Hall–Kier alpha value is -1.62. The van der Waals surface area contributed by atoms with E-state index in [9.17, 15) is 24.3 Å². The summed E-state index contributed by atoms with van der Waals surface area (Å²) in [6.07, 6.45) is 7.83. The minimum absolute atomic E-state index is 0.0194. The van der Waals surface area contributed by atoms with E-state index >= 15 is 0 Å². The molecule has 5 heteroatoms. The Labute approximate surface area is 210 Å². The molecule has 5 nitrogen and oxygen atoms in total. The highest BCUT2D eigenvalue weighted by molar-refractivity contribution is 6.01. The molecule has 0 amide bonds. The Morgan fingerprint density at radius 2 is 1.77 bits per heavy atom. The Morgan fingerprint density at radius 3 is 2.37 bits per heavy atom. The highest BCUT2D eigenvalue weighted by Crippen LogP contribution is 2.73. The molecule has 4 rings (SSSR count). The van der Waals surface area contributed by atoms with Crippen LogP contribution in [-0.4, -0.2) is 34.3 Å². The summed E-state index contributed by atoms with van der Waals surface area (Å²) in [5.74, 6) is 0.253. The largest absolute Gasteiger partial charge is 0.390 e. The fourth-order valence-electron chi connectivity index (χ4n) is 9.19. The van der Waals surface area contributed by atoms with E-state index < -0.39 is 16.4 Å². The molecule has 0 aromatic rings. The van der Waals surface area contributed by atoms with E-state index in [2.05, 4.69) is 20.8 Å². The average molecular weight is 485 g/mol. The standard InChI is InChI=1S/C30H44O5/c1-18(14-19(32)16-26(2,3)35)20-10-11-29(7)25-23(33)15-22-21(8-9-24(34)27(22,4)5)30(25,17-31)13-12-28(20,29)6/h15,17-18,20-21,25,35H,8-14,16H2,1-7H3/t18-,20-,21?,25?,28-,29+,30-/m1/s1. The van der Waals surface area contributed by atoms with Crippen LogP contribution in [0.25, 0.3) is 0 Å². The number of aliphatic hydroxyl groups is 1. The number of hydrogen-bond donors (Lipinski definition) is 1. The predicted molar refractivity (Wildman–Crippen MR) is 134 cm³/mol. The van der Waals surface area contributed by atoms with Gasteiger partial charge in [-0.15, -0.1) is 0 Å². The van der Waals surface area contributed by atoms with Crippen molar-refractivity contribution < 1.29 is 24.3 Å². The normalized spacial score (nSPS) is 41.4. The fourth-order valence-corrected chi connectivity index (χ4v) is 9.19. The molecule has 0 spiro atoms. The maximum Gasteiger partial charge on any atom is 0.160 e. The highest BCUT2D eigenvalue weighted by Gasteiger charge is 2.71. The number of aldehydes is 1. The van der Waals surface area contributed by atoms with Gasteiger partial charge in [0, 0.05) is 36.0 Å². The Balaban J connectivity index is 1.70. The number of carbonyl (C=O) groups excluding carboxylic acids is 4. The van der Waals surface area contributed by atoms with E-state index in [4.69, 9.17) is 0 Å². The maximum atomic E-state index is 13.9. The lowest BCUT2D eigenvalue weighted by Gasteiger charge is -2.63. The van der Waals surface area contributed by atoms with Crippen LogP contribution >= 0.6 is 0 Å². The molecular weight excluding hydrogens is 440 g/mol. The van der Waals surface area contributed by atoms with Crippen molar-refractivity contribution in [2.75, 3.05) is 0 Å². The average Bonchev–Trinajstić information content (AvgIpc) is 3.00. The first-order valence-corrected chi connectivity index (χ1v) is 13.5. The number of Topliss-reactive ketones (excluding diaryl/α,β-unsaturated/α-hetero) is 2. The zero-order valence-corrected chi connectivity index (χ0v) is 22.7. The summed E-state index contributed by atoms with van der Waals surface area (Å²) >= 11 is 0. The third-order valence-corrected chi connectivity index (χ3v) is 11.1. The molecule has 0 radical (unpaired) electrons. The van der Waals surface area contributed by atoms with Crippen molar-refractivity contribution in [1.82, 2.24) is 0 Å². The number of fused-ring (bicyclic) bond motifs is 5. The van der Waals surface area contributed by atoms with Crippen molar-refractivity contribution in [3.8, 4) is 0 Å². The van der Waals surface area contributed by atoms with Gasteiger partial charge in [0.15, 0.2) is 5.78 Å². The number of allylic oxidation sites excluding steroid dienone is 2. The van der Waals surface area contributed by atoms with Gasteiger partial charge in [-0.05, 0) is 100 Å². The first kappa shape index (κ1) is 26.4. The third-order valence-electron chi connectivity index (χ3n) is 11.1. The van der Waals surface area contributed by atoms with Crippen LogP contribution in [0.4, 0.5) is 0 Å². The van der Waals surface area contributed by atoms with Crippen LogP contribution < -0.4 is 0 Å². The van der Waals surface area contributed by atoms with Gasteiger partial charge in [0.2, 0.25) is 0 Å². The Kier molecular flexibility index (Phi) is 6.19. The second kappa shape index (κ2) is 8.19. The summed E-state index contributed by atoms with van der Waals surface area (Å²) in [6.45, 7) is 13.8. The molecule has 3 saturated carbocycles. The summed E-state index contributed by atoms with van der Waals surface area (Å²) in [4.78, 5) is 52.4. The van der Waals surface area contributed by atoms with Crippen LogP contribution in [0.1, 0.15) is 99.8 Å². The molecule has 4 aliphatic rings. The minimum Gasteiger partial charge on any atom is -0.390 e. The predicted octanol–water partition coefficient (Wildman–Crippen LogP) is 5.28. The van der Waals surface area contributed by atoms with E-state index in [1.807, 2.05) is 13.8 Å². The minimum atomic E-state index is -1.01. The molecule has 0 aliphatic heterocycles. The molecule has 0 aromatic heterocycles. The quantitative estimate of drug-likeness (QED) is 0.519. The zero-order chi connectivity index (χ0) is 26.2. The molecule has 2 unspecified atom stereocenters. The SMILES string of the molecule is C[C@H](CC(=O)CC(C)(C)O)[C@H]1CC[C@@]2(C)C3C(=O)C=C4C(CCC(=O)C4(C)C)[C@]3(C=O)CC[C@]12C. The van der Waals surface area contributed by atoms with Gasteiger partial charge in [0.25, 0.3) is 0 Å². The van der Waals surface area contributed by atoms with Crippen LogP contribution in [0.2, 0.25) is 0 Å². The summed E-state index contributed by atoms with van der Waals surface area (Å²) < 4.78 is 0. The molecule has 0 bridgehead atoms. The van der Waals surface area contributed by atoms with Crippen molar-refractivity contribution >= 4 is 23.6 Å². The van der Waals surface area contributed by atoms with Crippen LogP contribution in [0.3, 0.4) is 0 Å². The van der Waals surface area contributed by atoms with E-state index in [1.165, 1.54) is 0 Å². The topological polar surface area (TPSA) is 88.5 Å². The molecule has 7 atom stereocenters. The summed E-state index contributed by atoms with van der Waals surface area (Å²) in [6, 6.07) is 0. The summed E-state index contributed by atoms with van der Waals surface area (Å²) in [7, 11) is 0. The smallest absolute Gasteiger partial charge is 0.160 e. The Bertz CT molecular complexity index is 983. The molecule has 0 aromatic carbocycles. The van der Waals surface area contributed by atoms with E-state index in [1.54, 1.807) is 19.9 Å². The lowest BCUT2D eigenvalue weighted by Crippen LogP contribution is -2.63. The van der Waals surface area contributed by atoms with Crippen LogP contribution in [-0.2, 0) is 19.2 Å². The van der Waals surface area contributed by atoms with Gasteiger partial charge in [0.1, 0.15) is 17.9 Å². The van der Waals surface area contributed by atoms with Gasteiger partial charge in [-0.1, -0.05) is 20.8 Å². The molecule has 3 fully saturated rings. The third kappa shape index (κ3) is 3.74. The van der Waals surface area contributed by atoms with E-state index in [-0.39, 0.29) is 58.3 Å². The van der Waals surface area contributed by atoms with Crippen molar-refractivity contribution in [2.45, 2.75) is 105 Å². The van der Waals surface area contributed by atoms with Crippen LogP contribution in [0.5, 0.6) is 0 Å². The van der Waals surface area contributed by atoms with Crippen LogP contribution in [0.15, 0.2) is 11.6 Å². The molecule has 0 saturated heterocycles. The number of carbonyl (C=O) groups is 4. The molecule has 35 heavy (non-hydrogen) atoms. The van der Waals surface area contributed by atoms with E-state index in [0.29, 0.717) is 25.7 Å². The maximum absolute atomic E-state index is 13.9. The van der Waals surface area contributed by atoms with E-state index in [0.717, 1.165) is 31.1 Å². The molecule has 0 heterocycles. The number of rotatable bonds is 6. The van der Waals surface area contributed by atoms with Gasteiger partial charge in [-0.3, -0.25) is 14.4 Å². The van der Waals surface area contributed by atoms with Gasteiger partial charge < -0.3 is 9.90 Å². The first-order chi connectivity index (χ1) is 16.0. The van der Waals surface area contributed by atoms with Crippen molar-refractivity contribution in [1.29, 1.82) is 0 Å². The molecule has 1 N–H and O–H groups in total.